The average molecular weight is 420 g/mol. The van der Waals surface area contributed by atoms with Crippen molar-refractivity contribution in [3.05, 3.63) is 77.9 Å². The molecule has 162 valence electrons. The minimum absolute atomic E-state index is 0.127. The maximum atomic E-state index is 13.0. The summed E-state index contributed by atoms with van der Waals surface area (Å²) in [5, 5.41) is 13.9. The number of amides is 1. The summed E-state index contributed by atoms with van der Waals surface area (Å²) in [5.41, 5.74) is 1.58. The average Bonchev–Trinajstić information content (AvgIpc) is 2.76. The molecule has 0 radical (unpaired) electrons. The summed E-state index contributed by atoms with van der Waals surface area (Å²) in [4.78, 5) is 24.6. The van der Waals surface area contributed by atoms with Gasteiger partial charge in [0.2, 0.25) is 0 Å². The largest absolute Gasteiger partial charge is 0.489 e. The predicted molar refractivity (Wildman–Crippen MR) is 123 cm³/mol. The van der Waals surface area contributed by atoms with Crippen molar-refractivity contribution in [3.8, 4) is 5.75 Å². The molecule has 0 spiro atoms. The molecule has 0 aliphatic heterocycles. The molecule has 3 rings (SSSR count). The first-order valence-corrected chi connectivity index (χ1v) is 10.6. The van der Waals surface area contributed by atoms with Crippen LogP contribution in [0.2, 0.25) is 0 Å². The van der Waals surface area contributed by atoms with Crippen LogP contribution >= 0.6 is 0 Å². The number of aliphatic carboxylic acids is 1. The molecular formula is C26H29NO4. The number of carbonyl (C=O) groups excluding carboxylic acids is 1. The predicted octanol–water partition coefficient (Wildman–Crippen LogP) is 5.08. The highest BCUT2D eigenvalue weighted by atomic mass is 16.5. The van der Waals surface area contributed by atoms with E-state index in [1.807, 2.05) is 55.5 Å². The summed E-state index contributed by atoms with van der Waals surface area (Å²) in [5.74, 6) is -1.25. The Morgan fingerprint density at radius 3 is 2.29 bits per heavy atom. The smallest absolute Gasteiger partial charge is 0.326 e. The van der Waals surface area contributed by atoms with Crippen LogP contribution in [-0.4, -0.2) is 29.1 Å². The number of fused-ring (bicyclic) bond motifs is 1. The maximum Gasteiger partial charge on any atom is 0.326 e. The van der Waals surface area contributed by atoms with Gasteiger partial charge in [-0.25, -0.2) is 4.79 Å². The normalized spacial score (nSPS) is 13.0. The monoisotopic (exact) mass is 419 g/mol. The molecule has 0 bridgehead atoms. The zero-order valence-corrected chi connectivity index (χ0v) is 18.2. The minimum atomic E-state index is -1.05. The van der Waals surface area contributed by atoms with Crippen LogP contribution in [0.4, 0.5) is 0 Å². The summed E-state index contributed by atoms with van der Waals surface area (Å²) >= 11 is 0. The third-order valence-corrected chi connectivity index (χ3v) is 5.34. The van der Waals surface area contributed by atoms with E-state index in [1.54, 1.807) is 19.9 Å². The lowest BCUT2D eigenvalue weighted by molar-refractivity contribution is -0.140. The van der Waals surface area contributed by atoms with Gasteiger partial charge < -0.3 is 15.2 Å². The van der Waals surface area contributed by atoms with Crippen molar-refractivity contribution in [2.75, 3.05) is 0 Å². The fourth-order valence-corrected chi connectivity index (χ4v) is 3.56. The van der Waals surface area contributed by atoms with Gasteiger partial charge in [0, 0.05) is 5.39 Å². The van der Waals surface area contributed by atoms with E-state index in [-0.39, 0.29) is 12.0 Å². The van der Waals surface area contributed by atoms with Crippen LogP contribution in [0.15, 0.2) is 66.7 Å². The van der Waals surface area contributed by atoms with Crippen molar-refractivity contribution in [2.45, 2.75) is 45.8 Å². The van der Waals surface area contributed by atoms with E-state index < -0.39 is 17.9 Å². The van der Waals surface area contributed by atoms with Crippen LogP contribution in [0, 0.1) is 5.92 Å². The van der Waals surface area contributed by atoms with Crippen LogP contribution < -0.4 is 10.1 Å². The quantitative estimate of drug-likeness (QED) is 0.507. The van der Waals surface area contributed by atoms with Crippen molar-refractivity contribution in [1.82, 2.24) is 5.32 Å². The van der Waals surface area contributed by atoms with Crippen molar-refractivity contribution < 1.29 is 19.4 Å². The first kappa shape index (κ1) is 22.3. The van der Waals surface area contributed by atoms with Crippen LogP contribution in [0.1, 0.15) is 43.1 Å². The Labute approximate surface area is 183 Å². The molecule has 2 atom stereocenters. The molecule has 1 amide bonds. The Balaban J connectivity index is 1.87. The molecule has 3 aromatic rings. The lowest BCUT2D eigenvalue weighted by atomic mass is 10.0. The molecule has 31 heavy (non-hydrogen) atoms. The second kappa shape index (κ2) is 10.1. The van der Waals surface area contributed by atoms with Crippen LogP contribution in [0.3, 0.4) is 0 Å². The van der Waals surface area contributed by atoms with Crippen molar-refractivity contribution in [2.24, 2.45) is 5.92 Å². The molecule has 0 saturated carbocycles. The number of hydrogen-bond donors (Lipinski definition) is 2. The summed E-state index contributed by atoms with van der Waals surface area (Å²) in [6.45, 7) is 5.52. The molecule has 0 aliphatic carbocycles. The standard InChI is InChI=1S/C26H29NO4/c1-17(2)23(26(29)30)27-25(28)22-16-15-20-11-7-8-12-21(20)24(22)31-18(3)13-14-19-9-5-4-6-10-19/h4-12,15-18,23H,13-14H2,1-3H3,(H,27,28)(H,29,30). The van der Waals surface area contributed by atoms with E-state index in [4.69, 9.17) is 4.74 Å². The van der Waals surface area contributed by atoms with Gasteiger partial charge in [0.05, 0.1) is 11.7 Å². The molecule has 0 aromatic heterocycles. The minimum Gasteiger partial charge on any atom is -0.489 e. The molecule has 0 saturated heterocycles. The van der Waals surface area contributed by atoms with Gasteiger partial charge in [-0.05, 0) is 42.7 Å². The van der Waals surface area contributed by atoms with E-state index in [1.165, 1.54) is 5.56 Å². The highest BCUT2D eigenvalue weighted by molar-refractivity contribution is 6.04. The fraction of sp³-hybridized carbons (Fsp3) is 0.308. The van der Waals surface area contributed by atoms with Gasteiger partial charge in [-0.1, -0.05) is 74.5 Å². The topological polar surface area (TPSA) is 75.6 Å². The zero-order valence-electron chi connectivity index (χ0n) is 18.2. The highest BCUT2D eigenvalue weighted by Crippen LogP contribution is 2.31. The van der Waals surface area contributed by atoms with Gasteiger partial charge in [-0.2, -0.15) is 0 Å². The van der Waals surface area contributed by atoms with Gasteiger partial charge in [0.25, 0.3) is 5.91 Å². The van der Waals surface area contributed by atoms with Crippen molar-refractivity contribution >= 4 is 22.6 Å². The zero-order chi connectivity index (χ0) is 22.4. The summed E-state index contributed by atoms with van der Waals surface area (Å²) in [7, 11) is 0. The molecule has 0 fully saturated rings. The van der Waals surface area contributed by atoms with E-state index in [0.29, 0.717) is 11.3 Å². The molecule has 5 heteroatoms. The summed E-state index contributed by atoms with van der Waals surface area (Å²) in [6, 6.07) is 20.5. The number of ether oxygens (including phenoxy) is 1. The Hall–Kier alpha value is -3.34. The van der Waals surface area contributed by atoms with E-state index in [2.05, 4.69) is 17.4 Å². The second-order valence-electron chi connectivity index (χ2n) is 8.15. The Morgan fingerprint density at radius 2 is 1.61 bits per heavy atom. The lowest BCUT2D eigenvalue weighted by Crippen LogP contribution is -2.44. The molecule has 3 aromatic carbocycles. The van der Waals surface area contributed by atoms with Crippen molar-refractivity contribution in [3.63, 3.8) is 0 Å². The SMILES string of the molecule is CC(CCc1ccccc1)Oc1c(C(=O)NC(C(=O)O)C(C)C)ccc2ccccc12. The van der Waals surface area contributed by atoms with E-state index in [0.717, 1.165) is 23.6 Å². The number of carboxylic acids is 1. The number of benzene rings is 3. The molecule has 2 N–H and O–H groups in total. The number of aryl methyl sites for hydroxylation is 1. The fourth-order valence-electron chi connectivity index (χ4n) is 3.56. The number of hydrogen-bond acceptors (Lipinski definition) is 3. The second-order valence-corrected chi connectivity index (χ2v) is 8.15. The molecular weight excluding hydrogens is 390 g/mol. The molecule has 2 unspecified atom stereocenters. The van der Waals surface area contributed by atoms with Gasteiger partial charge in [-0.15, -0.1) is 0 Å². The number of carbonyl (C=O) groups is 2. The van der Waals surface area contributed by atoms with Gasteiger partial charge in [0.15, 0.2) is 0 Å². The molecule has 5 nitrogen and oxygen atoms in total. The van der Waals surface area contributed by atoms with Crippen LogP contribution in [0.25, 0.3) is 10.8 Å². The Morgan fingerprint density at radius 1 is 0.935 bits per heavy atom. The lowest BCUT2D eigenvalue weighted by Gasteiger charge is -2.22. The molecule has 0 heterocycles. The van der Waals surface area contributed by atoms with Gasteiger partial charge in [0.1, 0.15) is 11.8 Å². The van der Waals surface area contributed by atoms with E-state index >= 15 is 0 Å². The summed E-state index contributed by atoms with van der Waals surface area (Å²) in [6.07, 6.45) is 1.53. The Kier molecular flexibility index (Phi) is 7.29. The highest BCUT2D eigenvalue weighted by Gasteiger charge is 2.26. The van der Waals surface area contributed by atoms with Crippen molar-refractivity contribution in [1.29, 1.82) is 0 Å². The van der Waals surface area contributed by atoms with Crippen LogP contribution in [0.5, 0.6) is 5.75 Å². The molecule has 0 aliphatic rings. The van der Waals surface area contributed by atoms with E-state index in [9.17, 15) is 14.7 Å². The first-order chi connectivity index (χ1) is 14.9. The number of rotatable bonds is 9. The summed E-state index contributed by atoms with van der Waals surface area (Å²) < 4.78 is 6.30. The van der Waals surface area contributed by atoms with Gasteiger partial charge >= 0.3 is 5.97 Å². The third kappa shape index (κ3) is 5.63. The Bertz CT molecular complexity index is 1050. The number of nitrogens with one attached hydrogen (secondary N) is 1. The maximum absolute atomic E-state index is 13.0. The van der Waals surface area contributed by atoms with Crippen LogP contribution in [-0.2, 0) is 11.2 Å². The number of carboxylic acid groups (broad SMARTS) is 1. The third-order valence-electron chi connectivity index (χ3n) is 5.34. The van der Waals surface area contributed by atoms with Gasteiger partial charge in [-0.3, -0.25) is 4.79 Å². The first-order valence-electron chi connectivity index (χ1n) is 10.6.